The van der Waals surface area contributed by atoms with Crippen LogP contribution >= 0.6 is 0 Å². The molecule has 0 radical (unpaired) electrons. The summed E-state index contributed by atoms with van der Waals surface area (Å²) < 4.78 is 10.5. The lowest BCUT2D eigenvalue weighted by Gasteiger charge is -2.09. The summed E-state index contributed by atoms with van der Waals surface area (Å²) in [6, 6.07) is 3.81. The smallest absolute Gasteiger partial charge is 0.273 e. The standard InChI is InChI=1S/C15H18N2O3/c18-15(16-9-3-5-11-6-4-10-19-11)14-12-7-1-2-8-13(12)20-17-14/h4,6,10H,1-3,5,7-9H2,(H,16,18). The van der Waals surface area contributed by atoms with Crippen molar-refractivity contribution in [1.29, 1.82) is 0 Å². The first-order valence-corrected chi connectivity index (χ1v) is 7.12. The van der Waals surface area contributed by atoms with Crippen LogP contribution < -0.4 is 5.32 Å². The fourth-order valence-electron chi connectivity index (χ4n) is 2.57. The Balaban J connectivity index is 1.50. The minimum absolute atomic E-state index is 0.128. The molecule has 5 heteroatoms. The van der Waals surface area contributed by atoms with Crippen LogP contribution in [0.2, 0.25) is 0 Å². The van der Waals surface area contributed by atoms with Gasteiger partial charge in [-0.3, -0.25) is 4.79 Å². The molecule has 1 aliphatic carbocycles. The first-order valence-electron chi connectivity index (χ1n) is 7.12. The second-order valence-corrected chi connectivity index (χ2v) is 5.08. The van der Waals surface area contributed by atoms with Gasteiger partial charge in [-0.25, -0.2) is 0 Å². The molecule has 1 amide bonds. The zero-order chi connectivity index (χ0) is 13.8. The van der Waals surface area contributed by atoms with Gasteiger partial charge in [0, 0.05) is 24.9 Å². The van der Waals surface area contributed by atoms with E-state index >= 15 is 0 Å². The maximum atomic E-state index is 12.1. The summed E-state index contributed by atoms with van der Waals surface area (Å²) in [5, 5.41) is 6.82. The SMILES string of the molecule is O=C(NCCCc1ccco1)c1noc2c1CCCC2. The number of rotatable bonds is 5. The highest BCUT2D eigenvalue weighted by Gasteiger charge is 2.23. The molecular formula is C15H18N2O3. The van der Waals surface area contributed by atoms with Crippen LogP contribution in [0.1, 0.15) is 46.8 Å². The summed E-state index contributed by atoms with van der Waals surface area (Å²) in [4.78, 5) is 12.1. The van der Waals surface area contributed by atoms with Crippen molar-refractivity contribution < 1.29 is 13.7 Å². The number of amides is 1. The van der Waals surface area contributed by atoms with Crippen molar-refractivity contribution in [3.8, 4) is 0 Å². The monoisotopic (exact) mass is 274 g/mol. The van der Waals surface area contributed by atoms with Crippen LogP contribution in [0.4, 0.5) is 0 Å². The lowest BCUT2D eigenvalue weighted by Crippen LogP contribution is -2.26. The molecule has 0 atom stereocenters. The summed E-state index contributed by atoms with van der Waals surface area (Å²) >= 11 is 0. The maximum absolute atomic E-state index is 12.1. The third-order valence-corrected chi connectivity index (χ3v) is 3.63. The van der Waals surface area contributed by atoms with Gasteiger partial charge in [0.15, 0.2) is 5.69 Å². The van der Waals surface area contributed by atoms with Crippen LogP contribution in [0, 0.1) is 0 Å². The normalized spacial score (nSPS) is 14.0. The van der Waals surface area contributed by atoms with E-state index in [9.17, 15) is 4.79 Å². The molecule has 2 aromatic rings. The number of furan rings is 1. The fourth-order valence-corrected chi connectivity index (χ4v) is 2.57. The Morgan fingerprint density at radius 3 is 3.10 bits per heavy atom. The van der Waals surface area contributed by atoms with E-state index in [4.69, 9.17) is 8.94 Å². The molecule has 2 heterocycles. The van der Waals surface area contributed by atoms with Gasteiger partial charge in [-0.15, -0.1) is 0 Å². The highest BCUT2D eigenvalue weighted by atomic mass is 16.5. The Bertz CT molecular complexity index is 572. The number of nitrogens with zero attached hydrogens (tertiary/aromatic N) is 1. The molecule has 106 valence electrons. The summed E-state index contributed by atoms with van der Waals surface area (Å²) in [5.74, 6) is 1.70. The molecule has 0 aromatic carbocycles. The number of hydrogen-bond acceptors (Lipinski definition) is 4. The lowest BCUT2D eigenvalue weighted by molar-refractivity contribution is 0.0943. The Morgan fingerprint density at radius 2 is 2.25 bits per heavy atom. The number of carbonyl (C=O) groups excluding carboxylic acids is 1. The zero-order valence-corrected chi connectivity index (χ0v) is 11.4. The first-order chi connectivity index (χ1) is 9.84. The number of aryl methyl sites for hydroxylation is 2. The van der Waals surface area contributed by atoms with E-state index in [1.807, 2.05) is 12.1 Å². The number of nitrogens with one attached hydrogen (secondary N) is 1. The number of hydrogen-bond donors (Lipinski definition) is 1. The molecule has 0 saturated carbocycles. The van der Waals surface area contributed by atoms with E-state index in [1.54, 1.807) is 6.26 Å². The van der Waals surface area contributed by atoms with Gasteiger partial charge in [0.05, 0.1) is 6.26 Å². The predicted molar refractivity (Wildman–Crippen MR) is 72.5 cm³/mol. The Morgan fingerprint density at radius 1 is 1.35 bits per heavy atom. The van der Waals surface area contributed by atoms with Crippen LogP contribution in [0.25, 0.3) is 0 Å². The Kier molecular flexibility index (Phi) is 3.85. The molecule has 20 heavy (non-hydrogen) atoms. The van der Waals surface area contributed by atoms with Crippen molar-refractivity contribution in [2.75, 3.05) is 6.54 Å². The van der Waals surface area contributed by atoms with Gasteiger partial charge >= 0.3 is 0 Å². The highest BCUT2D eigenvalue weighted by Crippen LogP contribution is 2.23. The van der Waals surface area contributed by atoms with Gasteiger partial charge in [-0.05, 0) is 37.8 Å². The van der Waals surface area contributed by atoms with Crippen molar-refractivity contribution in [3.63, 3.8) is 0 Å². The van der Waals surface area contributed by atoms with E-state index in [0.717, 1.165) is 55.6 Å². The van der Waals surface area contributed by atoms with Crippen molar-refractivity contribution >= 4 is 5.91 Å². The second kappa shape index (κ2) is 5.94. The molecular weight excluding hydrogens is 256 g/mol. The number of fused-ring (bicyclic) bond motifs is 1. The van der Waals surface area contributed by atoms with Crippen molar-refractivity contribution in [2.24, 2.45) is 0 Å². The predicted octanol–water partition coefficient (Wildman–Crippen LogP) is 2.51. The average Bonchev–Trinajstić information content (AvgIpc) is 3.12. The van der Waals surface area contributed by atoms with Gasteiger partial charge in [0.1, 0.15) is 11.5 Å². The van der Waals surface area contributed by atoms with Crippen LogP contribution in [0.5, 0.6) is 0 Å². The van der Waals surface area contributed by atoms with Crippen LogP contribution in [-0.4, -0.2) is 17.6 Å². The van der Waals surface area contributed by atoms with E-state index in [0.29, 0.717) is 12.2 Å². The summed E-state index contributed by atoms with van der Waals surface area (Å²) in [6.07, 6.45) is 7.35. The van der Waals surface area contributed by atoms with E-state index in [2.05, 4.69) is 10.5 Å². The molecule has 5 nitrogen and oxygen atoms in total. The highest BCUT2D eigenvalue weighted by molar-refractivity contribution is 5.93. The van der Waals surface area contributed by atoms with Crippen LogP contribution in [0.15, 0.2) is 27.3 Å². The van der Waals surface area contributed by atoms with E-state index < -0.39 is 0 Å². The molecule has 2 aromatic heterocycles. The minimum atomic E-state index is -0.128. The second-order valence-electron chi connectivity index (χ2n) is 5.08. The molecule has 0 fully saturated rings. The largest absolute Gasteiger partial charge is 0.469 e. The lowest BCUT2D eigenvalue weighted by atomic mass is 9.96. The van der Waals surface area contributed by atoms with Gasteiger partial charge in [0.25, 0.3) is 5.91 Å². The molecule has 0 unspecified atom stereocenters. The average molecular weight is 274 g/mol. The van der Waals surface area contributed by atoms with E-state index in [-0.39, 0.29) is 5.91 Å². The van der Waals surface area contributed by atoms with Crippen molar-refractivity contribution in [2.45, 2.75) is 38.5 Å². The Labute approximate surface area is 117 Å². The maximum Gasteiger partial charge on any atom is 0.273 e. The molecule has 1 aliphatic rings. The van der Waals surface area contributed by atoms with Crippen molar-refractivity contribution in [1.82, 2.24) is 10.5 Å². The minimum Gasteiger partial charge on any atom is -0.469 e. The van der Waals surface area contributed by atoms with Gasteiger partial charge in [0.2, 0.25) is 0 Å². The zero-order valence-electron chi connectivity index (χ0n) is 11.4. The molecule has 0 bridgehead atoms. The van der Waals surface area contributed by atoms with Crippen molar-refractivity contribution in [3.05, 3.63) is 41.2 Å². The van der Waals surface area contributed by atoms with Gasteiger partial charge in [-0.1, -0.05) is 5.16 Å². The summed E-state index contributed by atoms with van der Waals surface area (Å²) in [5.41, 5.74) is 1.47. The quantitative estimate of drug-likeness (QED) is 0.851. The third kappa shape index (κ3) is 2.76. The molecule has 1 N–H and O–H groups in total. The molecule has 0 saturated heterocycles. The molecule has 3 rings (SSSR count). The fraction of sp³-hybridized carbons (Fsp3) is 0.467. The number of carbonyl (C=O) groups is 1. The molecule has 0 aliphatic heterocycles. The topological polar surface area (TPSA) is 68.3 Å². The Hall–Kier alpha value is -2.04. The molecule has 0 spiro atoms. The summed E-state index contributed by atoms with van der Waals surface area (Å²) in [6.45, 7) is 0.612. The van der Waals surface area contributed by atoms with Crippen LogP contribution in [-0.2, 0) is 19.3 Å². The number of aromatic nitrogens is 1. The van der Waals surface area contributed by atoms with Gasteiger partial charge in [-0.2, -0.15) is 0 Å². The third-order valence-electron chi connectivity index (χ3n) is 3.63. The summed E-state index contributed by atoms with van der Waals surface area (Å²) in [7, 11) is 0. The van der Waals surface area contributed by atoms with E-state index in [1.165, 1.54) is 0 Å². The first kappa shape index (κ1) is 13.0. The van der Waals surface area contributed by atoms with Crippen LogP contribution in [0.3, 0.4) is 0 Å². The van der Waals surface area contributed by atoms with Gasteiger partial charge < -0.3 is 14.3 Å².